The van der Waals surface area contributed by atoms with Crippen molar-refractivity contribution in [2.24, 2.45) is 5.73 Å². The third kappa shape index (κ3) is 2.20. The lowest BCUT2D eigenvalue weighted by Crippen LogP contribution is -2.49. The SMILES string of the molecule is CCC(C(N)=O)N1CCCCC1=O. The lowest BCUT2D eigenvalue weighted by atomic mass is 10.1. The Kier molecular flexibility index (Phi) is 3.28. The quantitative estimate of drug-likeness (QED) is 0.684. The second-order valence-corrected chi connectivity index (χ2v) is 3.37. The number of amides is 2. The third-order valence-corrected chi connectivity index (χ3v) is 2.45. The van der Waals surface area contributed by atoms with Gasteiger partial charge in [-0.05, 0) is 19.3 Å². The van der Waals surface area contributed by atoms with Gasteiger partial charge in [-0.3, -0.25) is 9.59 Å². The molecule has 0 aromatic heterocycles. The summed E-state index contributed by atoms with van der Waals surface area (Å²) >= 11 is 0. The summed E-state index contributed by atoms with van der Waals surface area (Å²) in [5.74, 6) is -0.324. The summed E-state index contributed by atoms with van der Waals surface area (Å²) in [6.45, 7) is 2.55. The fourth-order valence-electron chi connectivity index (χ4n) is 1.73. The number of carbonyl (C=O) groups is 2. The number of carbonyl (C=O) groups excluding carboxylic acids is 2. The Morgan fingerprint density at radius 3 is 2.77 bits per heavy atom. The van der Waals surface area contributed by atoms with Gasteiger partial charge in [0.1, 0.15) is 6.04 Å². The van der Waals surface area contributed by atoms with Gasteiger partial charge in [0, 0.05) is 13.0 Å². The summed E-state index contributed by atoms with van der Waals surface area (Å²) in [6, 6.07) is -0.396. The van der Waals surface area contributed by atoms with Crippen molar-refractivity contribution in [3.63, 3.8) is 0 Å². The molecule has 0 saturated carbocycles. The number of nitrogens with zero attached hydrogens (tertiary/aromatic N) is 1. The van der Waals surface area contributed by atoms with Crippen molar-refractivity contribution in [1.82, 2.24) is 4.90 Å². The van der Waals surface area contributed by atoms with Gasteiger partial charge >= 0.3 is 0 Å². The van der Waals surface area contributed by atoms with Crippen LogP contribution in [0.25, 0.3) is 0 Å². The van der Waals surface area contributed by atoms with Crippen molar-refractivity contribution in [3.05, 3.63) is 0 Å². The molecular formula is C9H16N2O2. The van der Waals surface area contributed by atoms with Crippen LogP contribution in [0.5, 0.6) is 0 Å². The van der Waals surface area contributed by atoms with Gasteiger partial charge in [-0.1, -0.05) is 6.92 Å². The van der Waals surface area contributed by atoms with Crippen molar-refractivity contribution >= 4 is 11.8 Å². The van der Waals surface area contributed by atoms with Crippen molar-refractivity contribution in [3.8, 4) is 0 Å². The molecule has 2 amide bonds. The van der Waals surface area contributed by atoms with Crippen LogP contribution in [0.4, 0.5) is 0 Å². The first kappa shape index (κ1) is 10.0. The molecule has 0 radical (unpaired) electrons. The van der Waals surface area contributed by atoms with Crippen LogP contribution in [0.2, 0.25) is 0 Å². The minimum Gasteiger partial charge on any atom is -0.368 e. The predicted octanol–water partition coefficient (Wildman–Crippen LogP) is 0.263. The zero-order valence-electron chi connectivity index (χ0n) is 7.95. The van der Waals surface area contributed by atoms with Crippen molar-refractivity contribution in [2.45, 2.75) is 38.6 Å². The molecule has 0 spiro atoms. The number of rotatable bonds is 3. The van der Waals surface area contributed by atoms with Crippen molar-refractivity contribution < 1.29 is 9.59 Å². The summed E-state index contributed by atoms with van der Waals surface area (Å²) in [5, 5.41) is 0. The number of hydrogen-bond acceptors (Lipinski definition) is 2. The van der Waals surface area contributed by atoms with E-state index in [1.54, 1.807) is 4.90 Å². The number of piperidine rings is 1. The number of primary amides is 1. The molecule has 1 heterocycles. The highest BCUT2D eigenvalue weighted by atomic mass is 16.2. The largest absolute Gasteiger partial charge is 0.368 e. The van der Waals surface area contributed by atoms with Crippen LogP contribution >= 0.6 is 0 Å². The van der Waals surface area contributed by atoms with Crippen LogP contribution in [0, 0.1) is 0 Å². The Morgan fingerprint density at radius 1 is 1.62 bits per heavy atom. The zero-order valence-corrected chi connectivity index (χ0v) is 7.95. The van der Waals surface area contributed by atoms with E-state index in [0.29, 0.717) is 19.4 Å². The Labute approximate surface area is 78.1 Å². The highest BCUT2D eigenvalue weighted by Crippen LogP contribution is 2.15. The van der Waals surface area contributed by atoms with E-state index in [-0.39, 0.29) is 5.91 Å². The minimum atomic E-state index is -0.396. The van der Waals surface area contributed by atoms with Gasteiger partial charge in [0.15, 0.2) is 0 Å². The second-order valence-electron chi connectivity index (χ2n) is 3.37. The molecule has 1 rings (SSSR count). The average molecular weight is 184 g/mol. The second kappa shape index (κ2) is 4.25. The number of nitrogens with two attached hydrogens (primary N) is 1. The molecule has 74 valence electrons. The topological polar surface area (TPSA) is 63.4 Å². The number of hydrogen-bond donors (Lipinski definition) is 1. The van der Waals surface area contributed by atoms with Crippen LogP contribution in [0.1, 0.15) is 32.6 Å². The molecule has 4 heteroatoms. The van der Waals surface area contributed by atoms with Gasteiger partial charge < -0.3 is 10.6 Å². The van der Waals surface area contributed by atoms with Crippen LogP contribution in [-0.4, -0.2) is 29.3 Å². The van der Waals surface area contributed by atoms with Crippen molar-refractivity contribution in [2.75, 3.05) is 6.54 Å². The molecule has 1 unspecified atom stereocenters. The molecule has 1 saturated heterocycles. The standard InChI is InChI=1S/C9H16N2O2/c1-2-7(9(10)13)11-6-4-3-5-8(11)12/h7H,2-6H2,1H3,(H2,10,13). The summed E-state index contributed by atoms with van der Waals surface area (Å²) in [4.78, 5) is 24.0. The van der Waals surface area contributed by atoms with Gasteiger partial charge in [0.2, 0.25) is 11.8 Å². The first-order valence-electron chi connectivity index (χ1n) is 4.75. The zero-order chi connectivity index (χ0) is 9.84. The fraction of sp³-hybridized carbons (Fsp3) is 0.778. The fourth-order valence-corrected chi connectivity index (χ4v) is 1.73. The van der Waals surface area contributed by atoms with Crippen molar-refractivity contribution in [1.29, 1.82) is 0 Å². The van der Waals surface area contributed by atoms with E-state index in [2.05, 4.69) is 0 Å². The van der Waals surface area contributed by atoms with E-state index < -0.39 is 11.9 Å². The molecule has 13 heavy (non-hydrogen) atoms. The maximum absolute atomic E-state index is 11.4. The Balaban J connectivity index is 2.65. The molecule has 0 aromatic carbocycles. The summed E-state index contributed by atoms with van der Waals surface area (Å²) in [6.07, 6.45) is 3.09. The Morgan fingerprint density at radius 2 is 2.31 bits per heavy atom. The third-order valence-electron chi connectivity index (χ3n) is 2.45. The molecule has 1 aliphatic heterocycles. The van der Waals surface area contributed by atoms with Gasteiger partial charge in [0.25, 0.3) is 0 Å². The number of likely N-dealkylation sites (tertiary alicyclic amines) is 1. The smallest absolute Gasteiger partial charge is 0.240 e. The molecule has 0 bridgehead atoms. The van der Waals surface area contributed by atoms with E-state index in [9.17, 15) is 9.59 Å². The van der Waals surface area contributed by atoms with Gasteiger partial charge in [-0.25, -0.2) is 0 Å². The first-order chi connectivity index (χ1) is 6.16. The van der Waals surface area contributed by atoms with Crippen LogP contribution in [-0.2, 0) is 9.59 Å². The summed E-state index contributed by atoms with van der Waals surface area (Å²) in [5.41, 5.74) is 5.21. The van der Waals surface area contributed by atoms with E-state index in [0.717, 1.165) is 12.8 Å². The van der Waals surface area contributed by atoms with E-state index >= 15 is 0 Å². The molecule has 1 atom stereocenters. The minimum absolute atomic E-state index is 0.0666. The maximum Gasteiger partial charge on any atom is 0.240 e. The molecule has 0 aromatic rings. The molecule has 1 fully saturated rings. The highest BCUT2D eigenvalue weighted by molar-refractivity contribution is 5.86. The molecular weight excluding hydrogens is 168 g/mol. The highest BCUT2D eigenvalue weighted by Gasteiger charge is 2.28. The normalized spacial score (nSPS) is 20.1. The van der Waals surface area contributed by atoms with Crippen LogP contribution in [0.3, 0.4) is 0 Å². The Hall–Kier alpha value is -1.06. The maximum atomic E-state index is 11.4. The van der Waals surface area contributed by atoms with E-state index in [1.165, 1.54) is 0 Å². The van der Waals surface area contributed by atoms with Crippen LogP contribution in [0.15, 0.2) is 0 Å². The first-order valence-corrected chi connectivity index (χ1v) is 4.75. The molecule has 4 nitrogen and oxygen atoms in total. The summed E-state index contributed by atoms with van der Waals surface area (Å²) < 4.78 is 0. The van der Waals surface area contributed by atoms with E-state index in [1.807, 2.05) is 6.92 Å². The molecule has 0 aliphatic carbocycles. The summed E-state index contributed by atoms with van der Waals surface area (Å²) in [7, 11) is 0. The van der Waals surface area contributed by atoms with Gasteiger partial charge in [0.05, 0.1) is 0 Å². The Bertz CT molecular complexity index is 216. The molecule has 1 aliphatic rings. The van der Waals surface area contributed by atoms with Crippen LogP contribution < -0.4 is 5.73 Å². The van der Waals surface area contributed by atoms with E-state index in [4.69, 9.17) is 5.73 Å². The predicted molar refractivity (Wildman–Crippen MR) is 48.8 cm³/mol. The lowest BCUT2D eigenvalue weighted by molar-refractivity contribution is -0.141. The lowest BCUT2D eigenvalue weighted by Gasteiger charge is -2.32. The van der Waals surface area contributed by atoms with Gasteiger partial charge in [-0.2, -0.15) is 0 Å². The monoisotopic (exact) mass is 184 g/mol. The average Bonchev–Trinajstić information content (AvgIpc) is 2.09. The van der Waals surface area contributed by atoms with Gasteiger partial charge in [-0.15, -0.1) is 0 Å². The molecule has 2 N–H and O–H groups in total.